The molecule has 1 spiro atoms. The Kier molecular flexibility index (Phi) is 5.54. The van der Waals surface area contributed by atoms with Gasteiger partial charge in [-0.15, -0.1) is 0 Å². The predicted molar refractivity (Wildman–Crippen MR) is 162 cm³/mol. The highest BCUT2D eigenvalue weighted by atomic mass is 32.1. The standard InChI is InChI=1S/C32H32FN7O2S/c1-19-3-5-20(6-4-19)27-26(12-34)43-31(35-27)37(2)29-25-11-24(23(33)13-40(25)36-28(29)21-7-8-21)38-15-32(16-38)17-39(18-32)30(41)22-9-10-42-14-22/h3-6,11,13,21-22H,7-10,14-18H2,1-2H3/t22-/m0/s1/i11D,13D. The van der Waals surface area contributed by atoms with Gasteiger partial charge in [0.15, 0.2) is 10.9 Å². The average Bonchev–Trinajstić information content (AvgIpc) is 3.37. The number of ether oxygens (including phenoxy) is 1. The molecular formula is C32H32FN7O2S. The minimum Gasteiger partial charge on any atom is -0.381 e. The molecule has 3 aliphatic heterocycles. The molecule has 220 valence electrons. The maximum atomic E-state index is 15.9. The summed E-state index contributed by atoms with van der Waals surface area (Å²) in [4.78, 5) is 23.7. The van der Waals surface area contributed by atoms with Crippen LogP contribution in [0.5, 0.6) is 0 Å². The smallest absolute Gasteiger partial charge is 0.228 e. The lowest BCUT2D eigenvalue weighted by Gasteiger charge is -2.61. The molecule has 4 fully saturated rings. The van der Waals surface area contributed by atoms with Crippen molar-refractivity contribution >= 4 is 39.3 Å². The number of pyridine rings is 1. The SMILES string of the molecule is [2H]c1c(N2CC3(CN(C(=O)[C@H]4CCOC4)C3)C2)c(F)c([2H])n2nc(C3CC3)c(N(C)c3nc(-c4ccc(C)cc4)c(C#N)s3)c12. The van der Waals surface area contributed by atoms with Gasteiger partial charge in [0.1, 0.15) is 16.6 Å². The number of fused-ring (bicyclic) bond motifs is 1. The molecule has 0 radical (unpaired) electrons. The number of aryl methyl sites for hydroxylation is 1. The van der Waals surface area contributed by atoms with Crippen molar-refractivity contribution in [2.45, 2.75) is 32.1 Å². The molecule has 0 unspecified atom stereocenters. The summed E-state index contributed by atoms with van der Waals surface area (Å²) in [7, 11) is 1.84. The van der Waals surface area contributed by atoms with E-state index in [0.717, 1.165) is 30.4 Å². The van der Waals surface area contributed by atoms with Gasteiger partial charge in [-0.2, -0.15) is 10.4 Å². The Labute approximate surface area is 255 Å². The van der Waals surface area contributed by atoms with Gasteiger partial charge >= 0.3 is 0 Å². The van der Waals surface area contributed by atoms with Crippen molar-refractivity contribution in [2.24, 2.45) is 11.3 Å². The van der Waals surface area contributed by atoms with E-state index in [1.807, 2.05) is 52.9 Å². The predicted octanol–water partition coefficient (Wildman–Crippen LogP) is 5.11. The lowest BCUT2D eigenvalue weighted by atomic mass is 9.72. The highest BCUT2D eigenvalue weighted by Crippen LogP contribution is 2.49. The Balaban J connectivity index is 1.14. The van der Waals surface area contributed by atoms with E-state index in [1.54, 1.807) is 0 Å². The van der Waals surface area contributed by atoms with Gasteiger partial charge in [-0.3, -0.25) is 4.79 Å². The monoisotopic (exact) mass is 599 g/mol. The first kappa shape index (κ1) is 24.4. The molecule has 43 heavy (non-hydrogen) atoms. The number of benzene rings is 1. The number of rotatable bonds is 6. The minimum absolute atomic E-state index is 0.0224. The van der Waals surface area contributed by atoms with Crippen LogP contribution in [0.3, 0.4) is 0 Å². The third kappa shape index (κ3) is 4.38. The van der Waals surface area contributed by atoms with E-state index < -0.39 is 5.82 Å². The zero-order valence-corrected chi connectivity index (χ0v) is 24.9. The number of anilines is 3. The number of halogens is 1. The Bertz CT molecular complexity index is 1900. The normalized spacial score (nSPS) is 21.4. The summed E-state index contributed by atoms with van der Waals surface area (Å²) in [6.07, 6.45) is 2.22. The molecule has 4 aliphatic rings. The van der Waals surface area contributed by atoms with Gasteiger partial charge in [0.05, 0.1) is 44.0 Å². The molecule has 3 saturated heterocycles. The zero-order valence-electron chi connectivity index (χ0n) is 26.1. The van der Waals surface area contributed by atoms with Crippen LogP contribution in [0.2, 0.25) is 0 Å². The Morgan fingerprint density at radius 1 is 1.23 bits per heavy atom. The average molecular weight is 600 g/mol. The lowest BCUT2D eigenvalue weighted by Crippen LogP contribution is -2.73. The van der Waals surface area contributed by atoms with E-state index in [2.05, 4.69) is 6.07 Å². The Morgan fingerprint density at radius 2 is 2.00 bits per heavy atom. The Morgan fingerprint density at radius 3 is 2.67 bits per heavy atom. The van der Waals surface area contributed by atoms with Crippen molar-refractivity contribution in [3.8, 4) is 17.3 Å². The molecular weight excluding hydrogens is 565 g/mol. The minimum atomic E-state index is -0.764. The zero-order chi connectivity index (χ0) is 31.2. The number of nitrogens with zero attached hydrogens (tertiary/aromatic N) is 7. The molecule has 0 bridgehead atoms. The van der Waals surface area contributed by atoms with Crippen molar-refractivity contribution < 1.29 is 16.7 Å². The van der Waals surface area contributed by atoms with Crippen LogP contribution in [-0.2, 0) is 9.53 Å². The first-order chi connectivity index (χ1) is 21.7. The van der Waals surface area contributed by atoms with Gasteiger partial charge in [-0.05, 0) is 32.2 Å². The number of likely N-dealkylation sites (tertiary alicyclic amines) is 1. The third-order valence-electron chi connectivity index (χ3n) is 9.18. The number of amides is 1. The number of carbonyl (C=O) groups excluding carboxylic acids is 1. The molecule has 0 N–H and O–H groups in total. The highest BCUT2D eigenvalue weighted by Gasteiger charge is 2.54. The van der Waals surface area contributed by atoms with Crippen LogP contribution in [-0.4, -0.2) is 71.8 Å². The van der Waals surface area contributed by atoms with E-state index in [1.165, 1.54) is 15.9 Å². The van der Waals surface area contributed by atoms with E-state index >= 15 is 4.39 Å². The van der Waals surface area contributed by atoms with Gasteiger partial charge in [0, 0.05) is 56.7 Å². The van der Waals surface area contributed by atoms with Crippen LogP contribution in [0.25, 0.3) is 16.8 Å². The van der Waals surface area contributed by atoms with E-state index in [-0.39, 0.29) is 41.1 Å². The molecule has 1 saturated carbocycles. The molecule has 11 heteroatoms. The summed E-state index contributed by atoms with van der Waals surface area (Å²) in [5, 5.41) is 15.2. The summed E-state index contributed by atoms with van der Waals surface area (Å²) in [5.41, 5.74) is 4.22. The van der Waals surface area contributed by atoms with Crippen LogP contribution in [0.15, 0.2) is 36.5 Å². The number of hydrogen-bond acceptors (Lipinski definition) is 8. The van der Waals surface area contributed by atoms with Gasteiger partial charge in [0.2, 0.25) is 5.91 Å². The van der Waals surface area contributed by atoms with Gasteiger partial charge < -0.3 is 19.4 Å². The molecule has 4 aromatic rings. The van der Waals surface area contributed by atoms with E-state index in [0.29, 0.717) is 72.0 Å². The number of aromatic nitrogens is 3. The third-order valence-corrected chi connectivity index (χ3v) is 10.2. The maximum Gasteiger partial charge on any atom is 0.228 e. The van der Waals surface area contributed by atoms with Crippen LogP contribution in [0.1, 0.15) is 44.1 Å². The van der Waals surface area contributed by atoms with Crippen molar-refractivity contribution in [3.63, 3.8) is 0 Å². The van der Waals surface area contributed by atoms with Gasteiger partial charge in [-0.1, -0.05) is 41.2 Å². The largest absolute Gasteiger partial charge is 0.381 e. The topological polar surface area (TPSA) is 90.0 Å². The van der Waals surface area contributed by atoms with Crippen molar-refractivity contribution in [1.29, 1.82) is 5.26 Å². The summed E-state index contributed by atoms with van der Waals surface area (Å²) >= 11 is 1.26. The summed E-state index contributed by atoms with van der Waals surface area (Å²) in [5.74, 6) is -0.558. The van der Waals surface area contributed by atoms with Crippen molar-refractivity contribution in [3.05, 3.63) is 58.4 Å². The summed E-state index contributed by atoms with van der Waals surface area (Å²) in [6, 6.07) is 10.1. The number of nitriles is 1. The number of carbonyl (C=O) groups is 1. The molecule has 1 aliphatic carbocycles. The van der Waals surface area contributed by atoms with Crippen molar-refractivity contribution in [2.75, 3.05) is 56.2 Å². The highest BCUT2D eigenvalue weighted by molar-refractivity contribution is 7.16. The number of thiazole rings is 1. The molecule has 3 aromatic heterocycles. The van der Waals surface area contributed by atoms with Crippen LogP contribution in [0.4, 0.5) is 20.9 Å². The molecule has 6 heterocycles. The van der Waals surface area contributed by atoms with Gasteiger partial charge in [0.25, 0.3) is 0 Å². The summed E-state index contributed by atoms with van der Waals surface area (Å²) in [6.45, 7) is 5.37. The molecule has 1 amide bonds. The second-order valence-corrected chi connectivity index (χ2v) is 13.5. The second-order valence-electron chi connectivity index (χ2n) is 12.5. The van der Waals surface area contributed by atoms with E-state index in [9.17, 15) is 11.4 Å². The fourth-order valence-corrected chi connectivity index (χ4v) is 7.53. The van der Waals surface area contributed by atoms with Crippen LogP contribution < -0.4 is 9.80 Å². The first-order valence-electron chi connectivity index (χ1n) is 15.7. The van der Waals surface area contributed by atoms with Gasteiger partial charge in [-0.25, -0.2) is 13.9 Å². The summed E-state index contributed by atoms with van der Waals surface area (Å²) < 4.78 is 40.6. The van der Waals surface area contributed by atoms with Crippen LogP contribution in [0, 0.1) is 35.4 Å². The van der Waals surface area contributed by atoms with Crippen LogP contribution >= 0.6 is 11.3 Å². The fraction of sp³-hybridized carbons (Fsp3) is 0.438. The second kappa shape index (κ2) is 9.76. The lowest BCUT2D eigenvalue weighted by molar-refractivity contribution is -0.149. The number of hydrogen-bond donors (Lipinski definition) is 0. The first-order valence-corrected chi connectivity index (χ1v) is 15.5. The molecule has 9 nitrogen and oxygen atoms in total. The molecule has 1 atom stereocenters. The Hall–Kier alpha value is -4.01. The quantitative estimate of drug-likeness (QED) is 0.304. The van der Waals surface area contributed by atoms with Crippen molar-refractivity contribution in [1.82, 2.24) is 19.5 Å². The van der Waals surface area contributed by atoms with E-state index in [4.69, 9.17) is 16.2 Å². The fourth-order valence-electron chi connectivity index (χ4n) is 6.67. The maximum absolute atomic E-state index is 15.9. The molecule has 8 rings (SSSR count). The molecule has 1 aromatic carbocycles.